The van der Waals surface area contributed by atoms with E-state index in [0.717, 1.165) is 12.8 Å². The van der Waals surface area contributed by atoms with Gasteiger partial charge in [0.15, 0.2) is 0 Å². The number of benzene rings is 2. The van der Waals surface area contributed by atoms with Crippen LogP contribution in [0.2, 0.25) is 5.04 Å². The Morgan fingerprint density at radius 2 is 1.55 bits per heavy atom. The average molecular weight is 665 g/mol. The number of carbonyl (C=O) groups is 1. The molecular weight excluding hydrogens is 605 g/mol. The van der Waals surface area contributed by atoms with E-state index in [1.54, 1.807) is 20.3 Å². The van der Waals surface area contributed by atoms with Gasteiger partial charge in [0.25, 0.3) is 8.32 Å². The Morgan fingerprint density at radius 1 is 0.979 bits per heavy atom. The number of ether oxygens (including phenoxy) is 3. The minimum Gasteiger partial charge on any atom is -0.407 e. The number of ketones is 1. The van der Waals surface area contributed by atoms with Crippen molar-refractivity contribution in [2.45, 2.75) is 90.4 Å². The second kappa shape index (κ2) is 14.8. The normalized spacial score (nSPS) is 30.5. The average Bonchev–Trinajstić information content (AvgIpc) is 3.56. The van der Waals surface area contributed by atoms with Crippen molar-refractivity contribution in [1.82, 2.24) is 0 Å². The summed E-state index contributed by atoms with van der Waals surface area (Å²) in [5, 5.41) is 14.6. The van der Waals surface area contributed by atoms with Gasteiger partial charge in [-0.1, -0.05) is 108 Å². The summed E-state index contributed by atoms with van der Waals surface area (Å²) in [7, 11) is 0.475. The fourth-order valence-corrected chi connectivity index (χ4v) is 13.9. The van der Waals surface area contributed by atoms with Crippen LogP contribution in [0, 0.1) is 35.0 Å². The lowest BCUT2D eigenvalue weighted by Gasteiger charge is -2.47. The highest BCUT2D eigenvalue weighted by atomic mass is 28.4. The number of methoxy groups -OCH3 is 2. The SMILES string of the molecule is C=C[C@]1(O)[C@H](C(C)C)CC[C@]1(C)C(=O)[C@H]1[C@H]([C@@H](C)CO[Si](c2ccccc2)(c2ccccc2)C(C)(C)C)CC[C@@]1(COC)OCOC. The van der Waals surface area contributed by atoms with Gasteiger partial charge in [0, 0.05) is 20.8 Å². The molecule has 2 aromatic carbocycles. The highest BCUT2D eigenvalue weighted by Gasteiger charge is 2.65. The highest BCUT2D eigenvalue weighted by Crippen LogP contribution is 2.58. The van der Waals surface area contributed by atoms with E-state index in [1.807, 2.05) is 6.92 Å². The summed E-state index contributed by atoms with van der Waals surface area (Å²) >= 11 is 0. The monoisotopic (exact) mass is 664 g/mol. The third-order valence-electron chi connectivity index (χ3n) is 11.8. The van der Waals surface area contributed by atoms with Crippen molar-refractivity contribution >= 4 is 24.5 Å². The molecular formula is C40H60O6Si. The van der Waals surface area contributed by atoms with Gasteiger partial charge < -0.3 is 23.7 Å². The van der Waals surface area contributed by atoms with Crippen LogP contribution in [0.1, 0.15) is 74.1 Å². The van der Waals surface area contributed by atoms with Crippen LogP contribution in [0.3, 0.4) is 0 Å². The summed E-state index contributed by atoms with van der Waals surface area (Å²) in [5.74, 6) is -0.343. The Hall–Kier alpha value is -2.13. The summed E-state index contributed by atoms with van der Waals surface area (Å²) in [6.07, 6.45) is 4.44. The molecule has 0 heterocycles. The zero-order chi connectivity index (χ0) is 34.7. The summed E-state index contributed by atoms with van der Waals surface area (Å²) in [6, 6.07) is 21.4. The van der Waals surface area contributed by atoms with E-state index in [2.05, 4.69) is 109 Å². The number of carbonyl (C=O) groups excluding carboxylic acids is 1. The predicted molar refractivity (Wildman–Crippen MR) is 192 cm³/mol. The highest BCUT2D eigenvalue weighted by molar-refractivity contribution is 6.99. The predicted octanol–water partition coefficient (Wildman–Crippen LogP) is 6.79. The maximum atomic E-state index is 15.3. The fraction of sp³-hybridized carbons (Fsp3) is 0.625. The van der Waals surface area contributed by atoms with E-state index in [4.69, 9.17) is 18.6 Å². The van der Waals surface area contributed by atoms with Gasteiger partial charge in [-0.2, -0.15) is 0 Å². The van der Waals surface area contributed by atoms with Crippen LogP contribution in [0.4, 0.5) is 0 Å². The van der Waals surface area contributed by atoms with Gasteiger partial charge in [0.05, 0.1) is 23.5 Å². The molecule has 2 aliphatic rings. The Labute approximate surface area is 285 Å². The fourth-order valence-electron chi connectivity index (χ4n) is 9.25. The van der Waals surface area contributed by atoms with E-state index in [1.165, 1.54) is 10.4 Å². The standard InChI is InChI=1S/C40H60O6Si/c1-11-40(42)34(29(2)3)23-24-38(40,8)36(41)35-33(22-25-39(35,27-43-9)45-28-44-10)30(4)26-46-47(37(5,6)7,31-18-14-12-15-19-31)32-20-16-13-17-21-32/h11-21,29-30,33-35,42H,1,22-28H2,2-10H3/t30-,33-,34-,35+,38+,39-,40-/m0/s1. The second-order valence-electron chi connectivity index (χ2n) is 15.8. The Morgan fingerprint density at radius 3 is 2.02 bits per heavy atom. The maximum Gasteiger partial charge on any atom is 0.261 e. The molecule has 0 bridgehead atoms. The van der Waals surface area contributed by atoms with Gasteiger partial charge in [-0.05, 0) is 71.7 Å². The van der Waals surface area contributed by atoms with Crippen molar-refractivity contribution in [1.29, 1.82) is 0 Å². The quantitative estimate of drug-likeness (QED) is 0.128. The molecule has 0 radical (unpaired) electrons. The van der Waals surface area contributed by atoms with Crippen molar-refractivity contribution < 1.29 is 28.5 Å². The number of aliphatic hydroxyl groups is 1. The molecule has 0 aromatic heterocycles. The number of rotatable bonds is 15. The number of hydrogen-bond donors (Lipinski definition) is 1. The topological polar surface area (TPSA) is 74.2 Å². The summed E-state index contributed by atoms with van der Waals surface area (Å²) in [6.45, 7) is 20.2. The van der Waals surface area contributed by atoms with E-state index >= 15 is 4.79 Å². The van der Waals surface area contributed by atoms with E-state index in [0.29, 0.717) is 19.4 Å². The van der Waals surface area contributed by atoms with Crippen LogP contribution in [-0.2, 0) is 23.4 Å². The molecule has 2 aromatic rings. The minimum absolute atomic E-state index is 0.0261. The third-order valence-corrected chi connectivity index (χ3v) is 16.8. The van der Waals surface area contributed by atoms with Crippen LogP contribution in [-0.4, -0.2) is 64.6 Å². The molecule has 6 nitrogen and oxygen atoms in total. The van der Waals surface area contributed by atoms with Crippen molar-refractivity contribution in [2.75, 3.05) is 34.2 Å². The molecule has 2 fully saturated rings. The lowest BCUT2D eigenvalue weighted by molar-refractivity contribution is -0.188. The molecule has 7 heteroatoms. The lowest BCUT2D eigenvalue weighted by Crippen LogP contribution is -2.67. The molecule has 260 valence electrons. The first-order valence-electron chi connectivity index (χ1n) is 17.5. The maximum absolute atomic E-state index is 15.3. The molecule has 47 heavy (non-hydrogen) atoms. The van der Waals surface area contributed by atoms with E-state index in [9.17, 15) is 5.11 Å². The van der Waals surface area contributed by atoms with E-state index in [-0.39, 0.29) is 47.9 Å². The second-order valence-corrected chi connectivity index (χ2v) is 20.1. The molecule has 0 spiro atoms. The molecule has 1 N–H and O–H groups in total. The first-order valence-corrected chi connectivity index (χ1v) is 19.4. The summed E-state index contributed by atoms with van der Waals surface area (Å²) in [5.41, 5.74) is -3.20. The third kappa shape index (κ3) is 6.61. The molecule has 7 atom stereocenters. The molecule has 2 saturated carbocycles. The smallest absolute Gasteiger partial charge is 0.261 e. The Balaban J connectivity index is 1.78. The van der Waals surface area contributed by atoms with Crippen LogP contribution in [0.15, 0.2) is 73.3 Å². The molecule has 0 amide bonds. The van der Waals surface area contributed by atoms with E-state index < -0.39 is 30.9 Å². The van der Waals surface area contributed by atoms with Gasteiger partial charge in [0.1, 0.15) is 18.2 Å². The van der Waals surface area contributed by atoms with Crippen molar-refractivity contribution in [3.05, 3.63) is 73.3 Å². The Bertz CT molecular complexity index is 1290. The molecule has 0 saturated heterocycles. The lowest BCUT2D eigenvalue weighted by atomic mass is 9.61. The summed E-state index contributed by atoms with van der Waals surface area (Å²) in [4.78, 5) is 15.3. The van der Waals surface area contributed by atoms with Gasteiger partial charge >= 0.3 is 0 Å². The molecule has 4 rings (SSSR count). The molecule has 0 aliphatic heterocycles. The summed E-state index contributed by atoms with van der Waals surface area (Å²) < 4.78 is 25.1. The van der Waals surface area contributed by atoms with Crippen molar-refractivity contribution in [3.8, 4) is 0 Å². The minimum atomic E-state index is -2.79. The Kier molecular flexibility index (Phi) is 11.8. The number of Topliss-reactive ketones (excluding diaryl/α,β-unsaturated/α-hetero) is 1. The first kappa shape index (κ1) is 37.7. The van der Waals surface area contributed by atoms with Crippen LogP contribution in [0.5, 0.6) is 0 Å². The van der Waals surface area contributed by atoms with Crippen LogP contribution >= 0.6 is 0 Å². The molecule has 2 aliphatic carbocycles. The largest absolute Gasteiger partial charge is 0.407 e. The molecule has 0 unspecified atom stereocenters. The zero-order valence-corrected chi connectivity index (χ0v) is 31.4. The van der Waals surface area contributed by atoms with Crippen molar-refractivity contribution in [2.24, 2.45) is 35.0 Å². The first-order chi connectivity index (χ1) is 22.2. The van der Waals surface area contributed by atoms with Gasteiger partial charge in [0.2, 0.25) is 0 Å². The van der Waals surface area contributed by atoms with Crippen molar-refractivity contribution in [3.63, 3.8) is 0 Å². The number of hydrogen-bond acceptors (Lipinski definition) is 6. The van der Waals surface area contributed by atoms with Crippen LogP contribution < -0.4 is 10.4 Å². The van der Waals surface area contributed by atoms with Gasteiger partial charge in [-0.25, -0.2) is 0 Å². The zero-order valence-electron chi connectivity index (χ0n) is 30.4. The van der Waals surface area contributed by atoms with Gasteiger partial charge in [-0.3, -0.25) is 4.79 Å². The van der Waals surface area contributed by atoms with Crippen LogP contribution in [0.25, 0.3) is 0 Å². The van der Waals surface area contributed by atoms with Gasteiger partial charge in [-0.15, -0.1) is 6.58 Å².